The van der Waals surface area contributed by atoms with Gasteiger partial charge in [0.15, 0.2) is 11.5 Å². The van der Waals surface area contributed by atoms with Crippen molar-refractivity contribution in [3.63, 3.8) is 0 Å². The van der Waals surface area contributed by atoms with Gasteiger partial charge >= 0.3 is 0 Å². The Morgan fingerprint density at radius 3 is 2.57 bits per heavy atom. The Labute approximate surface area is 122 Å². The Bertz CT molecular complexity index is 775. The average Bonchev–Trinajstić information content (AvgIpc) is 2.80. The number of nitrogens with zero attached hydrogens (tertiary/aromatic N) is 3. The molecule has 0 aliphatic rings. The number of nitrogens with two attached hydrogens (primary N) is 1. The zero-order valence-corrected chi connectivity index (χ0v) is 12.0. The van der Waals surface area contributed by atoms with Crippen molar-refractivity contribution in [1.29, 1.82) is 0 Å². The van der Waals surface area contributed by atoms with Crippen LogP contribution in [0.2, 0.25) is 0 Å². The number of rotatable bonds is 3. The highest BCUT2D eigenvalue weighted by Crippen LogP contribution is 2.27. The summed E-state index contributed by atoms with van der Waals surface area (Å²) in [6.07, 6.45) is 1.84. The second kappa shape index (κ2) is 5.18. The zero-order chi connectivity index (χ0) is 15.0. The molecule has 5 heteroatoms. The quantitative estimate of drug-likeness (QED) is 0.752. The number of fused-ring (bicyclic) bond motifs is 1. The van der Waals surface area contributed by atoms with Gasteiger partial charge in [-0.25, -0.2) is 9.37 Å². The largest absolute Gasteiger partial charge is 0.399 e. The van der Waals surface area contributed by atoms with Gasteiger partial charge in [-0.3, -0.25) is 4.40 Å². The van der Waals surface area contributed by atoms with Crippen LogP contribution in [0.1, 0.15) is 5.69 Å². The van der Waals surface area contributed by atoms with Crippen LogP contribution in [0, 0.1) is 5.82 Å². The Hall–Kier alpha value is -2.40. The summed E-state index contributed by atoms with van der Waals surface area (Å²) in [5, 5.41) is 0. The Kier molecular flexibility index (Phi) is 3.35. The number of nitrogen functional groups attached to an aromatic ring is 1. The second-order valence-corrected chi connectivity index (χ2v) is 5.32. The van der Waals surface area contributed by atoms with Crippen LogP contribution in [0.3, 0.4) is 0 Å². The summed E-state index contributed by atoms with van der Waals surface area (Å²) in [6.45, 7) is 0.671. The summed E-state index contributed by atoms with van der Waals surface area (Å²) in [5.41, 5.74) is 9.45. The molecule has 0 bridgehead atoms. The van der Waals surface area contributed by atoms with Gasteiger partial charge in [0.25, 0.3) is 0 Å². The standard InChI is InChI=1S/C16H17FN4/c1-20(2)10-14-15(11-5-7-12(18)8-6-11)19-16-13(17)4-3-9-21(14)16/h3-9H,10,18H2,1-2H3. The van der Waals surface area contributed by atoms with Gasteiger partial charge in [0, 0.05) is 24.0 Å². The van der Waals surface area contributed by atoms with Crippen LogP contribution in [-0.2, 0) is 6.54 Å². The summed E-state index contributed by atoms with van der Waals surface area (Å²) in [5.74, 6) is -0.320. The van der Waals surface area contributed by atoms with Crippen LogP contribution in [0.5, 0.6) is 0 Å². The molecule has 0 saturated heterocycles. The van der Waals surface area contributed by atoms with Crippen molar-refractivity contribution in [2.75, 3.05) is 19.8 Å². The first-order valence-electron chi connectivity index (χ1n) is 6.72. The van der Waals surface area contributed by atoms with E-state index in [0.29, 0.717) is 17.9 Å². The van der Waals surface area contributed by atoms with Crippen molar-refractivity contribution in [1.82, 2.24) is 14.3 Å². The molecule has 2 N–H and O–H groups in total. The Morgan fingerprint density at radius 2 is 1.90 bits per heavy atom. The van der Waals surface area contributed by atoms with Crippen molar-refractivity contribution in [2.24, 2.45) is 0 Å². The van der Waals surface area contributed by atoms with Gasteiger partial charge in [-0.05, 0) is 38.4 Å². The van der Waals surface area contributed by atoms with Crippen LogP contribution < -0.4 is 5.73 Å². The van der Waals surface area contributed by atoms with Crippen molar-refractivity contribution in [3.8, 4) is 11.3 Å². The van der Waals surface area contributed by atoms with Gasteiger partial charge in [0.05, 0.1) is 11.4 Å². The molecule has 0 saturated carbocycles. The number of hydrogen-bond acceptors (Lipinski definition) is 3. The molecule has 0 atom stereocenters. The van der Waals surface area contributed by atoms with Gasteiger partial charge < -0.3 is 10.6 Å². The van der Waals surface area contributed by atoms with Gasteiger partial charge in [-0.15, -0.1) is 0 Å². The number of imidazole rings is 1. The molecule has 0 aliphatic carbocycles. The lowest BCUT2D eigenvalue weighted by atomic mass is 10.1. The molecule has 0 radical (unpaired) electrons. The minimum absolute atomic E-state index is 0.320. The van der Waals surface area contributed by atoms with E-state index in [9.17, 15) is 4.39 Å². The SMILES string of the molecule is CN(C)Cc1c(-c2ccc(N)cc2)nc2c(F)cccn12. The van der Waals surface area contributed by atoms with Crippen LogP contribution in [0.4, 0.5) is 10.1 Å². The predicted octanol–water partition coefficient (Wildman–Crippen LogP) is 2.78. The third kappa shape index (κ3) is 2.48. The fourth-order valence-corrected chi connectivity index (χ4v) is 2.41. The molecule has 2 aromatic heterocycles. The maximum absolute atomic E-state index is 14.0. The van der Waals surface area contributed by atoms with E-state index in [-0.39, 0.29) is 5.82 Å². The number of aromatic nitrogens is 2. The van der Waals surface area contributed by atoms with E-state index in [1.54, 1.807) is 10.5 Å². The lowest BCUT2D eigenvalue weighted by molar-refractivity contribution is 0.396. The zero-order valence-electron chi connectivity index (χ0n) is 12.0. The van der Waals surface area contributed by atoms with Crippen molar-refractivity contribution < 1.29 is 4.39 Å². The van der Waals surface area contributed by atoms with E-state index in [0.717, 1.165) is 17.0 Å². The predicted molar refractivity (Wildman–Crippen MR) is 82.4 cm³/mol. The van der Waals surface area contributed by atoms with Gasteiger partial charge in [-0.2, -0.15) is 0 Å². The number of hydrogen-bond donors (Lipinski definition) is 1. The van der Waals surface area contributed by atoms with Crippen LogP contribution in [-0.4, -0.2) is 28.4 Å². The maximum Gasteiger partial charge on any atom is 0.174 e. The monoisotopic (exact) mass is 284 g/mol. The highest BCUT2D eigenvalue weighted by Gasteiger charge is 2.16. The van der Waals surface area contributed by atoms with Crippen molar-refractivity contribution in [2.45, 2.75) is 6.54 Å². The first kappa shape index (κ1) is 13.6. The fourth-order valence-electron chi connectivity index (χ4n) is 2.41. The molecule has 0 spiro atoms. The summed E-state index contributed by atoms with van der Waals surface area (Å²) in [7, 11) is 3.96. The summed E-state index contributed by atoms with van der Waals surface area (Å²) in [4.78, 5) is 6.52. The van der Waals surface area contributed by atoms with Gasteiger partial charge in [0.2, 0.25) is 0 Å². The molecule has 0 unspecified atom stereocenters. The van der Waals surface area contributed by atoms with E-state index >= 15 is 0 Å². The minimum atomic E-state index is -0.320. The smallest absolute Gasteiger partial charge is 0.174 e. The van der Waals surface area contributed by atoms with Gasteiger partial charge in [-0.1, -0.05) is 12.1 Å². The molecular weight excluding hydrogens is 267 g/mol. The third-order valence-electron chi connectivity index (χ3n) is 3.35. The van der Waals surface area contributed by atoms with Crippen LogP contribution in [0.25, 0.3) is 16.9 Å². The Balaban J connectivity index is 2.25. The summed E-state index contributed by atoms with van der Waals surface area (Å²) >= 11 is 0. The molecule has 0 fully saturated rings. The molecule has 21 heavy (non-hydrogen) atoms. The lowest BCUT2D eigenvalue weighted by Gasteiger charge is -2.11. The fraction of sp³-hybridized carbons (Fsp3) is 0.188. The molecule has 1 aromatic carbocycles. The van der Waals surface area contributed by atoms with Crippen LogP contribution >= 0.6 is 0 Å². The molecule has 3 aromatic rings. The van der Waals surface area contributed by atoms with Crippen molar-refractivity contribution >= 4 is 11.3 Å². The highest BCUT2D eigenvalue weighted by atomic mass is 19.1. The van der Waals surface area contributed by atoms with E-state index in [4.69, 9.17) is 5.73 Å². The molecule has 3 rings (SSSR count). The number of halogens is 1. The second-order valence-electron chi connectivity index (χ2n) is 5.32. The number of anilines is 1. The van der Waals surface area contributed by atoms with E-state index < -0.39 is 0 Å². The Morgan fingerprint density at radius 1 is 1.19 bits per heavy atom. The van der Waals surface area contributed by atoms with E-state index in [1.165, 1.54) is 6.07 Å². The molecule has 2 heterocycles. The normalized spacial score (nSPS) is 11.4. The number of pyridine rings is 1. The molecule has 0 aliphatic heterocycles. The third-order valence-corrected chi connectivity index (χ3v) is 3.35. The molecular formula is C16H17FN4. The first-order valence-corrected chi connectivity index (χ1v) is 6.72. The van der Waals surface area contributed by atoms with Crippen LogP contribution in [0.15, 0.2) is 42.6 Å². The highest BCUT2D eigenvalue weighted by molar-refractivity contribution is 5.68. The molecule has 108 valence electrons. The minimum Gasteiger partial charge on any atom is -0.399 e. The van der Waals surface area contributed by atoms with E-state index in [1.807, 2.05) is 49.5 Å². The first-order chi connectivity index (χ1) is 10.1. The number of benzene rings is 1. The maximum atomic E-state index is 14.0. The summed E-state index contributed by atoms with van der Waals surface area (Å²) in [6, 6.07) is 10.6. The average molecular weight is 284 g/mol. The topological polar surface area (TPSA) is 46.6 Å². The van der Waals surface area contributed by atoms with Gasteiger partial charge in [0.1, 0.15) is 0 Å². The summed E-state index contributed by atoms with van der Waals surface area (Å²) < 4.78 is 15.8. The lowest BCUT2D eigenvalue weighted by Crippen LogP contribution is -2.13. The van der Waals surface area contributed by atoms with E-state index in [2.05, 4.69) is 4.98 Å². The van der Waals surface area contributed by atoms with Crippen molar-refractivity contribution in [3.05, 3.63) is 54.1 Å². The molecule has 4 nitrogen and oxygen atoms in total. The molecule has 0 amide bonds.